The molecule has 0 aliphatic carbocycles. The first-order chi connectivity index (χ1) is 17.2. The number of likely N-dealkylation sites (tertiary alicyclic amines) is 1. The second-order valence-electron chi connectivity index (χ2n) is 8.95. The number of ether oxygens (including phenoxy) is 2. The van der Waals surface area contributed by atoms with Gasteiger partial charge in [-0.2, -0.15) is 0 Å². The van der Waals surface area contributed by atoms with Gasteiger partial charge in [0.1, 0.15) is 6.61 Å². The van der Waals surface area contributed by atoms with E-state index in [9.17, 15) is 4.79 Å². The van der Waals surface area contributed by atoms with Gasteiger partial charge in [-0.3, -0.25) is 14.8 Å². The first kappa shape index (κ1) is 22.8. The summed E-state index contributed by atoms with van der Waals surface area (Å²) < 4.78 is 11.4. The molecule has 6 heteroatoms. The molecule has 0 radical (unpaired) electrons. The molecule has 178 valence electrons. The first-order valence-corrected chi connectivity index (χ1v) is 12.0. The van der Waals surface area contributed by atoms with Crippen molar-refractivity contribution in [2.45, 2.75) is 25.9 Å². The van der Waals surface area contributed by atoms with Crippen molar-refractivity contribution < 1.29 is 14.3 Å². The highest BCUT2D eigenvalue weighted by Gasteiger charge is 2.24. The third kappa shape index (κ3) is 5.43. The normalized spacial score (nSPS) is 14.1. The monoisotopic (exact) mass is 467 g/mol. The maximum absolute atomic E-state index is 13.2. The fourth-order valence-electron chi connectivity index (χ4n) is 4.66. The standard InChI is InChI=1S/C29H29N3O3/c1-34-28-19-24(8-10-27(28)35-20-25-6-2-3-13-30-25)29(33)32-15-11-21(12-16-32)17-22-7-9-26-23(18-22)5-4-14-31-26/h2-10,13-14,18-19,21H,11-12,15-17,20H2,1H3. The molecule has 1 aliphatic rings. The van der Waals surface area contributed by atoms with E-state index in [0.29, 0.717) is 29.6 Å². The smallest absolute Gasteiger partial charge is 0.253 e. The van der Waals surface area contributed by atoms with Crippen molar-refractivity contribution in [1.82, 2.24) is 14.9 Å². The summed E-state index contributed by atoms with van der Waals surface area (Å²) in [6, 6.07) is 21.7. The number of hydrogen-bond donors (Lipinski definition) is 0. The number of carbonyl (C=O) groups excluding carboxylic acids is 1. The Morgan fingerprint density at radius 1 is 0.943 bits per heavy atom. The van der Waals surface area contributed by atoms with Crippen molar-refractivity contribution in [3.8, 4) is 11.5 Å². The van der Waals surface area contributed by atoms with Crippen LogP contribution in [0.1, 0.15) is 34.5 Å². The van der Waals surface area contributed by atoms with Gasteiger partial charge in [0.2, 0.25) is 0 Å². The predicted molar refractivity (Wildman–Crippen MR) is 136 cm³/mol. The van der Waals surface area contributed by atoms with Crippen molar-refractivity contribution >= 4 is 16.8 Å². The molecule has 1 aliphatic heterocycles. The largest absolute Gasteiger partial charge is 0.493 e. The van der Waals surface area contributed by atoms with Crippen LogP contribution in [-0.2, 0) is 13.0 Å². The van der Waals surface area contributed by atoms with E-state index in [1.807, 2.05) is 41.4 Å². The van der Waals surface area contributed by atoms with Crippen LogP contribution in [0.3, 0.4) is 0 Å². The Morgan fingerprint density at radius 2 is 1.80 bits per heavy atom. The molecule has 0 saturated carbocycles. The molecule has 3 heterocycles. The molecule has 35 heavy (non-hydrogen) atoms. The molecule has 6 nitrogen and oxygen atoms in total. The highest BCUT2D eigenvalue weighted by atomic mass is 16.5. The van der Waals surface area contributed by atoms with Crippen molar-refractivity contribution in [2.75, 3.05) is 20.2 Å². The average Bonchev–Trinajstić information content (AvgIpc) is 2.92. The quantitative estimate of drug-likeness (QED) is 0.368. The lowest BCUT2D eigenvalue weighted by atomic mass is 9.89. The van der Waals surface area contributed by atoms with Crippen molar-refractivity contribution in [3.63, 3.8) is 0 Å². The number of pyridine rings is 2. The van der Waals surface area contributed by atoms with E-state index in [1.165, 1.54) is 10.9 Å². The Labute approximate surface area is 205 Å². The number of nitrogens with zero attached hydrogens (tertiary/aromatic N) is 3. The van der Waals surface area contributed by atoms with Crippen LogP contribution >= 0.6 is 0 Å². The molecular weight excluding hydrogens is 438 g/mol. The molecule has 2 aromatic carbocycles. The van der Waals surface area contributed by atoms with Gasteiger partial charge in [0.05, 0.1) is 18.3 Å². The third-order valence-electron chi connectivity index (χ3n) is 6.61. The Balaban J connectivity index is 1.18. The fourth-order valence-corrected chi connectivity index (χ4v) is 4.66. The van der Waals surface area contributed by atoms with E-state index in [0.717, 1.165) is 43.6 Å². The maximum Gasteiger partial charge on any atom is 0.253 e. The van der Waals surface area contributed by atoms with Crippen LogP contribution in [0.5, 0.6) is 11.5 Å². The molecule has 2 aromatic heterocycles. The van der Waals surface area contributed by atoms with Gasteiger partial charge in [0, 0.05) is 36.4 Å². The summed E-state index contributed by atoms with van der Waals surface area (Å²) in [5, 5.41) is 1.18. The number of benzene rings is 2. The topological polar surface area (TPSA) is 64.5 Å². The van der Waals surface area contributed by atoms with Crippen LogP contribution in [0.4, 0.5) is 0 Å². The zero-order chi connectivity index (χ0) is 24.0. The van der Waals surface area contributed by atoms with Crippen LogP contribution in [0.15, 0.2) is 79.1 Å². The van der Waals surface area contributed by atoms with Gasteiger partial charge in [-0.05, 0) is 79.3 Å². The molecule has 0 N–H and O–H groups in total. The molecule has 0 spiro atoms. The number of methoxy groups -OCH3 is 1. The molecular formula is C29H29N3O3. The Morgan fingerprint density at radius 3 is 2.60 bits per heavy atom. The molecule has 0 atom stereocenters. The van der Waals surface area contributed by atoms with Crippen molar-refractivity contribution in [2.24, 2.45) is 5.92 Å². The van der Waals surface area contributed by atoms with Gasteiger partial charge >= 0.3 is 0 Å². The zero-order valence-corrected chi connectivity index (χ0v) is 19.9. The number of rotatable bonds is 7. The fraction of sp³-hybridized carbons (Fsp3) is 0.276. The Bertz CT molecular complexity index is 1300. The molecule has 1 saturated heterocycles. The highest BCUT2D eigenvalue weighted by Crippen LogP contribution is 2.30. The van der Waals surface area contributed by atoms with Gasteiger partial charge in [-0.15, -0.1) is 0 Å². The van der Waals surface area contributed by atoms with Gasteiger partial charge in [-0.1, -0.05) is 18.2 Å². The Hall–Kier alpha value is -3.93. The molecule has 0 unspecified atom stereocenters. The van der Waals surface area contributed by atoms with Crippen LogP contribution in [0.2, 0.25) is 0 Å². The van der Waals surface area contributed by atoms with E-state index in [1.54, 1.807) is 25.4 Å². The minimum atomic E-state index is 0.0369. The van der Waals surface area contributed by atoms with E-state index in [2.05, 4.69) is 34.2 Å². The van der Waals surface area contributed by atoms with Crippen LogP contribution in [0, 0.1) is 5.92 Å². The van der Waals surface area contributed by atoms with E-state index < -0.39 is 0 Å². The highest BCUT2D eigenvalue weighted by molar-refractivity contribution is 5.95. The summed E-state index contributed by atoms with van der Waals surface area (Å²) in [4.78, 5) is 23.8. The van der Waals surface area contributed by atoms with Gasteiger partial charge in [0.15, 0.2) is 11.5 Å². The number of aromatic nitrogens is 2. The van der Waals surface area contributed by atoms with Crippen LogP contribution < -0.4 is 9.47 Å². The molecule has 4 aromatic rings. The van der Waals surface area contributed by atoms with E-state index in [-0.39, 0.29) is 5.91 Å². The summed E-state index contributed by atoms with van der Waals surface area (Å²) >= 11 is 0. The van der Waals surface area contributed by atoms with E-state index >= 15 is 0 Å². The van der Waals surface area contributed by atoms with Gasteiger partial charge in [0.25, 0.3) is 5.91 Å². The molecule has 0 bridgehead atoms. The predicted octanol–water partition coefficient (Wildman–Crippen LogP) is 5.31. The minimum absolute atomic E-state index is 0.0369. The number of amides is 1. The lowest BCUT2D eigenvalue weighted by Crippen LogP contribution is -2.38. The van der Waals surface area contributed by atoms with E-state index in [4.69, 9.17) is 9.47 Å². The lowest BCUT2D eigenvalue weighted by Gasteiger charge is -2.32. The summed E-state index contributed by atoms with van der Waals surface area (Å²) in [6.45, 7) is 1.86. The number of fused-ring (bicyclic) bond motifs is 1. The summed E-state index contributed by atoms with van der Waals surface area (Å²) in [6.07, 6.45) is 6.59. The van der Waals surface area contributed by atoms with Crippen LogP contribution in [-0.4, -0.2) is 41.0 Å². The number of piperidine rings is 1. The first-order valence-electron chi connectivity index (χ1n) is 12.0. The summed E-state index contributed by atoms with van der Waals surface area (Å²) in [7, 11) is 1.59. The number of carbonyl (C=O) groups is 1. The number of hydrogen-bond acceptors (Lipinski definition) is 5. The Kier molecular flexibility index (Phi) is 6.89. The third-order valence-corrected chi connectivity index (χ3v) is 6.61. The van der Waals surface area contributed by atoms with Gasteiger partial charge in [-0.25, -0.2) is 0 Å². The molecule has 1 amide bonds. The van der Waals surface area contributed by atoms with Gasteiger partial charge < -0.3 is 14.4 Å². The SMILES string of the molecule is COc1cc(C(=O)N2CCC(Cc3ccc4ncccc4c3)CC2)ccc1OCc1ccccn1. The molecule has 5 rings (SSSR count). The van der Waals surface area contributed by atoms with Crippen molar-refractivity contribution in [1.29, 1.82) is 0 Å². The van der Waals surface area contributed by atoms with Crippen molar-refractivity contribution in [3.05, 3.63) is 95.9 Å². The van der Waals surface area contributed by atoms with Crippen LogP contribution in [0.25, 0.3) is 10.9 Å². The second kappa shape index (κ2) is 10.6. The molecule has 1 fully saturated rings. The second-order valence-corrected chi connectivity index (χ2v) is 8.95. The summed E-state index contributed by atoms with van der Waals surface area (Å²) in [5.41, 5.74) is 3.81. The lowest BCUT2D eigenvalue weighted by molar-refractivity contribution is 0.0690. The maximum atomic E-state index is 13.2. The zero-order valence-electron chi connectivity index (χ0n) is 19.9. The average molecular weight is 468 g/mol. The minimum Gasteiger partial charge on any atom is -0.493 e. The summed E-state index contributed by atoms with van der Waals surface area (Å²) in [5.74, 6) is 1.76.